The van der Waals surface area contributed by atoms with Crippen molar-refractivity contribution in [3.05, 3.63) is 76.1 Å². The highest BCUT2D eigenvalue weighted by atomic mass is 16.5. The van der Waals surface area contributed by atoms with Crippen molar-refractivity contribution in [2.75, 3.05) is 32.8 Å². The summed E-state index contributed by atoms with van der Waals surface area (Å²) in [6.45, 7) is 5.38. The number of rotatable bonds is 6. The zero-order valence-electron chi connectivity index (χ0n) is 17.5. The minimum Gasteiger partial charge on any atom is -0.507 e. The SMILES string of the molecule is C/C(=N\N)C(CN1CCOCC1)C(c1ccccc1)c1c(O)c2ccccc2oc1=O. The summed E-state index contributed by atoms with van der Waals surface area (Å²) in [5.41, 5.74) is 1.62. The van der Waals surface area contributed by atoms with Gasteiger partial charge in [-0.1, -0.05) is 42.5 Å². The van der Waals surface area contributed by atoms with Crippen LogP contribution >= 0.6 is 0 Å². The van der Waals surface area contributed by atoms with Crippen LogP contribution < -0.4 is 11.5 Å². The molecule has 0 radical (unpaired) electrons. The van der Waals surface area contributed by atoms with Crippen molar-refractivity contribution in [3.8, 4) is 5.75 Å². The molecule has 7 heteroatoms. The van der Waals surface area contributed by atoms with Gasteiger partial charge in [0.2, 0.25) is 0 Å². The highest BCUT2D eigenvalue weighted by molar-refractivity contribution is 5.88. The molecule has 2 heterocycles. The topological polar surface area (TPSA) is 101 Å². The fraction of sp³-hybridized carbons (Fsp3) is 0.333. The lowest BCUT2D eigenvalue weighted by atomic mass is 9.78. The molecule has 0 saturated carbocycles. The summed E-state index contributed by atoms with van der Waals surface area (Å²) in [6.07, 6.45) is 0. The second-order valence-corrected chi connectivity index (χ2v) is 7.83. The summed E-state index contributed by atoms with van der Waals surface area (Å²) in [7, 11) is 0. The van der Waals surface area contributed by atoms with E-state index in [1.165, 1.54) is 0 Å². The van der Waals surface area contributed by atoms with E-state index in [9.17, 15) is 9.90 Å². The molecule has 31 heavy (non-hydrogen) atoms. The number of morpholine rings is 1. The number of fused-ring (bicyclic) bond motifs is 1. The molecule has 2 unspecified atom stereocenters. The average Bonchev–Trinajstić information content (AvgIpc) is 2.81. The van der Waals surface area contributed by atoms with Crippen LogP contribution in [0.3, 0.4) is 0 Å². The van der Waals surface area contributed by atoms with Gasteiger partial charge in [-0.25, -0.2) is 4.79 Å². The van der Waals surface area contributed by atoms with Crippen LogP contribution in [0.1, 0.15) is 24.0 Å². The number of hydrogen-bond donors (Lipinski definition) is 2. The van der Waals surface area contributed by atoms with E-state index in [4.69, 9.17) is 15.0 Å². The molecule has 1 saturated heterocycles. The number of nitrogens with zero attached hydrogens (tertiary/aromatic N) is 2. The number of hydrazone groups is 1. The first kappa shape index (κ1) is 21.1. The lowest BCUT2D eigenvalue weighted by Gasteiger charge is -2.34. The zero-order chi connectivity index (χ0) is 21.8. The first-order chi connectivity index (χ1) is 15.1. The molecular formula is C24H27N3O4. The van der Waals surface area contributed by atoms with Crippen molar-refractivity contribution in [1.82, 2.24) is 4.90 Å². The van der Waals surface area contributed by atoms with Gasteiger partial charge in [-0.3, -0.25) is 4.90 Å². The summed E-state index contributed by atoms with van der Waals surface area (Å²) < 4.78 is 11.1. The van der Waals surface area contributed by atoms with Crippen LogP contribution in [0.25, 0.3) is 11.0 Å². The lowest BCUT2D eigenvalue weighted by molar-refractivity contribution is 0.0335. The maximum absolute atomic E-state index is 13.1. The van der Waals surface area contributed by atoms with E-state index in [2.05, 4.69) is 10.0 Å². The molecule has 0 amide bonds. The van der Waals surface area contributed by atoms with E-state index in [1.54, 1.807) is 24.3 Å². The van der Waals surface area contributed by atoms with Gasteiger partial charge < -0.3 is 20.1 Å². The molecule has 1 fully saturated rings. The van der Waals surface area contributed by atoms with Crippen LogP contribution in [-0.4, -0.2) is 48.6 Å². The van der Waals surface area contributed by atoms with Crippen molar-refractivity contribution >= 4 is 16.7 Å². The second kappa shape index (κ2) is 9.32. The molecule has 1 aliphatic heterocycles. The molecule has 2 aromatic carbocycles. The largest absolute Gasteiger partial charge is 0.507 e. The molecule has 1 aromatic heterocycles. The Morgan fingerprint density at radius 3 is 2.52 bits per heavy atom. The highest BCUT2D eigenvalue weighted by Gasteiger charge is 2.34. The second-order valence-electron chi connectivity index (χ2n) is 7.83. The van der Waals surface area contributed by atoms with E-state index in [0.29, 0.717) is 36.4 Å². The molecule has 3 N–H and O–H groups in total. The van der Waals surface area contributed by atoms with Gasteiger partial charge >= 0.3 is 5.63 Å². The van der Waals surface area contributed by atoms with Crippen LogP contribution in [0.15, 0.2) is 68.9 Å². The summed E-state index contributed by atoms with van der Waals surface area (Å²) in [5, 5.41) is 15.7. The van der Waals surface area contributed by atoms with Gasteiger partial charge in [0, 0.05) is 37.2 Å². The molecule has 0 aliphatic carbocycles. The zero-order valence-corrected chi connectivity index (χ0v) is 17.5. The average molecular weight is 421 g/mol. The van der Waals surface area contributed by atoms with Gasteiger partial charge in [0.25, 0.3) is 0 Å². The minimum absolute atomic E-state index is 0.0579. The maximum atomic E-state index is 13.1. The molecule has 4 rings (SSSR count). The van der Waals surface area contributed by atoms with E-state index >= 15 is 0 Å². The Labute approximate surface area is 180 Å². The van der Waals surface area contributed by atoms with Crippen molar-refractivity contribution in [2.24, 2.45) is 16.9 Å². The van der Waals surface area contributed by atoms with Gasteiger partial charge in [-0.05, 0) is 24.6 Å². The molecule has 0 spiro atoms. The first-order valence-corrected chi connectivity index (χ1v) is 10.4. The van der Waals surface area contributed by atoms with Gasteiger partial charge in [-0.15, -0.1) is 0 Å². The number of nitrogens with two attached hydrogens (primary N) is 1. The Morgan fingerprint density at radius 2 is 1.81 bits per heavy atom. The standard InChI is InChI=1S/C24H27N3O4/c1-16(26-25)19(15-27-11-13-30-14-12-27)21(17-7-3-2-4-8-17)22-23(28)18-9-5-6-10-20(18)31-24(22)29/h2-10,19,21,28H,11-15,25H2,1H3/b26-16+. The van der Waals surface area contributed by atoms with Crippen LogP contribution in [0.5, 0.6) is 5.75 Å². The number of benzene rings is 2. The third kappa shape index (κ3) is 4.33. The molecule has 162 valence electrons. The molecule has 2 atom stereocenters. The predicted molar refractivity (Wildman–Crippen MR) is 120 cm³/mol. The van der Waals surface area contributed by atoms with Crippen LogP contribution in [0.4, 0.5) is 0 Å². The molecule has 0 bridgehead atoms. The number of ether oxygens (including phenoxy) is 1. The Hall–Kier alpha value is -3.16. The smallest absolute Gasteiger partial charge is 0.343 e. The van der Waals surface area contributed by atoms with Crippen molar-refractivity contribution in [2.45, 2.75) is 12.8 Å². The van der Waals surface area contributed by atoms with E-state index in [-0.39, 0.29) is 17.2 Å². The van der Waals surface area contributed by atoms with E-state index < -0.39 is 11.5 Å². The summed E-state index contributed by atoms with van der Waals surface area (Å²) >= 11 is 0. The molecule has 1 aliphatic rings. The van der Waals surface area contributed by atoms with Gasteiger partial charge in [0.1, 0.15) is 11.3 Å². The first-order valence-electron chi connectivity index (χ1n) is 10.4. The van der Waals surface area contributed by atoms with E-state index in [0.717, 1.165) is 18.7 Å². The number of aromatic hydroxyl groups is 1. The Bertz CT molecular complexity index is 1120. The highest BCUT2D eigenvalue weighted by Crippen LogP contribution is 2.39. The lowest BCUT2D eigenvalue weighted by Crippen LogP contribution is -2.43. The van der Waals surface area contributed by atoms with Gasteiger partial charge in [0.15, 0.2) is 0 Å². The fourth-order valence-electron chi connectivity index (χ4n) is 4.32. The van der Waals surface area contributed by atoms with Gasteiger partial charge in [-0.2, -0.15) is 5.10 Å². The van der Waals surface area contributed by atoms with Gasteiger partial charge in [0.05, 0.1) is 24.2 Å². The monoisotopic (exact) mass is 421 g/mol. The summed E-state index contributed by atoms with van der Waals surface area (Å²) in [4.78, 5) is 15.4. The molecule has 7 nitrogen and oxygen atoms in total. The van der Waals surface area contributed by atoms with Crippen molar-refractivity contribution in [3.63, 3.8) is 0 Å². The Morgan fingerprint density at radius 1 is 1.13 bits per heavy atom. The van der Waals surface area contributed by atoms with Crippen molar-refractivity contribution < 1.29 is 14.3 Å². The summed E-state index contributed by atoms with van der Waals surface area (Å²) in [6, 6.07) is 16.7. The van der Waals surface area contributed by atoms with Crippen LogP contribution in [0, 0.1) is 5.92 Å². The quantitative estimate of drug-likeness (QED) is 0.275. The maximum Gasteiger partial charge on any atom is 0.343 e. The number of para-hydroxylation sites is 1. The van der Waals surface area contributed by atoms with E-state index in [1.807, 2.05) is 37.3 Å². The number of hydrogen-bond acceptors (Lipinski definition) is 7. The third-order valence-corrected chi connectivity index (χ3v) is 5.99. The third-order valence-electron chi connectivity index (χ3n) is 5.99. The molecule has 3 aromatic rings. The molecular weight excluding hydrogens is 394 g/mol. The minimum atomic E-state index is -0.554. The summed E-state index contributed by atoms with van der Waals surface area (Å²) in [5.74, 6) is 4.95. The fourth-order valence-corrected chi connectivity index (χ4v) is 4.32. The van der Waals surface area contributed by atoms with Crippen LogP contribution in [-0.2, 0) is 4.74 Å². The Balaban J connectivity index is 1.90. The van der Waals surface area contributed by atoms with Crippen LogP contribution in [0.2, 0.25) is 0 Å². The van der Waals surface area contributed by atoms with Crippen molar-refractivity contribution in [1.29, 1.82) is 0 Å². The Kier molecular flexibility index (Phi) is 6.34. The predicted octanol–water partition coefficient (Wildman–Crippen LogP) is 2.91. The normalized spacial score (nSPS) is 17.5.